The summed E-state index contributed by atoms with van der Waals surface area (Å²) in [6.07, 6.45) is 6.58. The van der Waals surface area contributed by atoms with Gasteiger partial charge >= 0.3 is 5.97 Å². The zero-order chi connectivity index (χ0) is 11.8. The number of allylic oxidation sites excluding steroid dienone is 4. The standard InChI is InChI=1S/C14H14O2/c1-3-12(10-7-11-14(15)16-2)13-8-5-4-6-9-13/h3-11H,1H2,2H3/b11-7+,12-10+. The Morgan fingerprint density at radius 3 is 2.56 bits per heavy atom. The van der Waals surface area contributed by atoms with E-state index >= 15 is 0 Å². The molecule has 0 aliphatic carbocycles. The van der Waals surface area contributed by atoms with Crippen LogP contribution in [0.1, 0.15) is 5.56 Å². The van der Waals surface area contributed by atoms with Gasteiger partial charge in [-0.25, -0.2) is 4.79 Å². The summed E-state index contributed by atoms with van der Waals surface area (Å²) < 4.78 is 4.49. The Kier molecular flexibility index (Phi) is 4.80. The van der Waals surface area contributed by atoms with Crippen molar-refractivity contribution in [3.63, 3.8) is 0 Å². The number of ether oxygens (including phenoxy) is 1. The van der Waals surface area contributed by atoms with Crippen molar-refractivity contribution >= 4 is 11.5 Å². The summed E-state index contributed by atoms with van der Waals surface area (Å²) >= 11 is 0. The smallest absolute Gasteiger partial charge is 0.330 e. The van der Waals surface area contributed by atoms with Crippen LogP contribution in [0, 0.1) is 0 Å². The second kappa shape index (κ2) is 6.40. The molecule has 0 saturated heterocycles. The van der Waals surface area contributed by atoms with Crippen LogP contribution < -0.4 is 0 Å². The first-order valence-corrected chi connectivity index (χ1v) is 4.92. The van der Waals surface area contributed by atoms with E-state index in [9.17, 15) is 4.79 Å². The van der Waals surface area contributed by atoms with Gasteiger partial charge in [0.25, 0.3) is 0 Å². The minimum absolute atomic E-state index is 0.368. The molecule has 1 aromatic carbocycles. The van der Waals surface area contributed by atoms with Crippen molar-refractivity contribution < 1.29 is 9.53 Å². The molecular weight excluding hydrogens is 200 g/mol. The SMILES string of the molecule is C=C/C(=C\C=C\C(=O)OC)c1ccccc1. The lowest BCUT2D eigenvalue weighted by molar-refractivity contribution is -0.134. The minimum Gasteiger partial charge on any atom is -0.466 e. The third-order valence-electron chi connectivity index (χ3n) is 2.04. The Hall–Kier alpha value is -2.09. The molecule has 0 aliphatic heterocycles. The van der Waals surface area contributed by atoms with E-state index in [1.165, 1.54) is 13.2 Å². The fourth-order valence-electron chi connectivity index (χ4n) is 1.21. The molecule has 0 amide bonds. The second-order valence-corrected chi connectivity index (χ2v) is 3.07. The lowest BCUT2D eigenvalue weighted by Gasteiger charge is -1.99. The van der Waals surface area contributed by atoms with Crippen molar-refractivity contribution in [3.05, 3.63) is 66.8 Å². The van der Waals surface area contributed by atoms with E-state index < -0.39 is 0 Å². The van der Waals surface area contributed by atoms with E-state index in [2.05, 4.69) is 11.3 Å². The van der Waals surface area contributed by atoms with Crippen LogP contribution in [0.5, 0.6) is 0 Å². The van der Waals surface area contributed by atoms with Gasteiger partial charge in [-0.15, -0.1) is 0 Å². The summed E-state index contributed by atoms with van der Waals surface area (Å²) in [5, 5.41) is 0. The predicted molar refractivity (Wildman–Crippen MR) is 65.8 cm³/mol. The highest BCUT2D eigenvalue weighted by molar-refractivity contribution is 5.83. The predicted octanol–water partition coefficient (Wildman–Crippen LogP) is 2.99. The van der Waals surface area contributed by atoms with Crippen LogP contribution in [-0.4, -0.2) is 13.1 Å². The van der Waals surface area contributed by atoms with Gasteiger partial charge in [-0.3, -0.25) is 0 Å². The van der Waals surface area contributed by atoms with Crippen LogP contribution >= 0.6 is 0 Å². The Labute approximate surface area is 95.6 Å². The maximum absolute atomic E-state index is 10.9. The van der Waals surface area contributed by atoms with Gasteiger partial charge in [0.05, 0.1) is 7.11 Å². The number of methoxy groups -OCH3 is 1. The van der Waals surface area contributed by atoms with Crippen LogP contribution in [-0.2, 0) is 9.53 Å². The average molecular weight is 214 g/mol. The average Bonchev–Trinajstić information content (AvgIpc) is 2.35. The van der Waals surface area contributed by atoms with Gasteiger partial charge in [-0.1, -0.05) is 55.1 Å². The van der Waals surface area contributed by atoms with Gasteiger partial charge in [-0.05, 0) is 11.1 Å². The van der Waals surface area contributed by atoms with Crippen molar-refractivity contribution in [2.75, 3.05) is 7.11 Å². The second-order valence-electron chi connectivity index (χ2n) is 3.07. The molecule has 2 heteroatoms. The lowest BCUT2D eigenvalue weighted by atomic mass is 10.1. The van der Waals surface area contributed by atoms with Crippen LogP contribution in [0.15, 0.2) is 61.2 Å². The van der Waals surface area contributed by atoms with E-state index in [-0.39, 0.29) is 5.97 Å². The lowest BCUT2D eigenvalue weighted by Crippen LogP contribution is -1.92. The van der Waals surface area contributed by atoms with Crippen LogP contribution in [0.4, 0.5) is 0 Å². The molecule has 0 heterocycles. The van der Waals surface area contributed by atoms with Gasteiger partial charge in [0.15, 0.2) is 0 Å². The summed E-state index contributed by atoms with van der Waals surface area (Å²) in [7, 11) is 1.35. The molecule has 1 aromatic rings. The Morgan fingerprint density at radius 1 is 1.31 bits per heavy atom. The Bertz CT molecular complexity index is 414. The van der Waals surface area contributed by atoms with Gasteiger partial charge in [-0.2, -0.15) is 0 Å². The molecule has 82 valence electrons. The van der Waals surface area contributed by atoms with Gasteiger partial charge in [0, 0.05) is 6.08 Å². The maximum Gasteiger partial charge on any atom is 0.330 e. The summed E-state index contributed by atoms with van der Waals surface area (Å²) in [5.74, 6) is -0.368. The van der Waals surface area contributed by atoms with E-state index in [0.717, 1.165) is 11.1 Å². The number of rotatable bonds is 4. The van der Waals surface area contributed by atoms with Gasteiger partial charge in [0.1, 0.15) is 0 Å². The summed E-state index contributed by atoms with van der Waals surface area (Å²) in [6.45, 7) is 3.74. The Balaban J connectivity index is 2.83. The molecule has 0 aromatic heterocycles. The molecule has 0 aliphatic rings. The monoisotopic (exact) mass is 214 g/mol. The van der Waals surface area contributed by atoms with E-state index in [1.807, 2.05) is 36.4 Å². The zero-order valence-corrected chi connectivity index (χ0v) is 9.22. The van der Waals surface area contributed by atoms with Crippen molar-refractivity contribution in [2.45, 2.75) is 0 Å². The number of esters is 1. The fraction of sp³-hybridized carbons (Fsp3) is 0.0714. The highest BCUT2D eigenvalue weighted by Crippen LogP contribution is 2.14. The van der Waals surface area contributed by atoms with Crippen LogP contribution in [0.3, 0.4) is 0 Å². The molecular formula is C14H14O2. The van der Waals surface area contributed by atoms with E-state index in [1.54, 1.807) is 12.2 Å². The molecule has 16 heavy (non-hydrogen) atoms. The normalized spacial score (nSPS) is 11.4. The van der Waals surface area contributed by atoms with Gasteiger partial charge < -0.3 is 4.74 Å². The molecule has 0 unspecified atom stereocenters. The molecule has 0 atom stereocenters. The van der Waals surface area contributed by atoms with Crippen molar-refractivity contribution in [2.24, 2.45) is 0 Å². The third-order valence-corrected chi connectivity index (χ3v) is 2.04. The molecule has 0 saturated carbocycles. The van der Waals surface area contributed by atoms with Crippen LogP contribution in [0.2, 0.25) is 0 Å². The molecule has 1 rings (SSSR count). The number of hydrogen-bond donors (Lipinski definition) is 0. The topological polar surface area (TPSA) is 26.3 Å². The molecule has 0 radical (unpaired) electrons. The highest BCUT2D eigenvalue weighted by atomic mass is 16.5. The molecule has 0 fully saturated rings. The van der Waals surface area contributed by atoms with Crippen molar-refractivity contribution in [3.8, 4) is 0 Å². The number of carbonyl (C=O) groups is 1. The fourth-order valence-corrected chi connectivity index (χ4v) is 1.21. The summed E-state index contributed by atoms with van der Waals surface area (Å²) in [6, 6.07) is 9.83. The van der Waals surface area contributed by atoms with Crippen LogP contribution in [0.25, 0.3) is 5.57 Å². The molecule has 0 bridgehead atoms. The zero-order valence-electron chi connectivity index (χ0n) is 9.22. The first-order valence-electron chi connectivity index (χ1n) is 4.92. The molecule has 0 N–H and O–H groups in total. The van der Waals surface area contributed by atoms with Crippen molar-refractivity contribution in [1.82, 2.24) is 0 Å². The van der Waals surface area contributed by atoms with E-state index in [0.29, 0.717) is 0 Å². The van der Waals surface area contributed by atoms with Gasteiger partial charge in [0.2, 0.25) is 0 Å². The number of benzene rings is 1. The number of carbonyl (C=O) groups excluding carboxylic acids is 1. The van der Waals surface area contributed by atoms with Crippen molar-refractivity contribution in [1.29, 1.82) is 0 Å². The molecule has 2 nitrogen and oxygen atoms in total. The largest absolute Gasteiger partial charge is 0.466 e. The minimum atomic E-state index is -0.368. The summed E-state index contributed by atoms with van der Waals surface area (Å²) in [4.78, 5) is 10.9. The first kappa shape index (κ1) is 12.0. The third kappa shape index (κ3) is 3.58. The first-order chi connectivity index (χ1) is 7.77. The Morgan fingerprint density at radius 2 is 2.00 bits per heavy atom. The highest BCUT2D eigenvalue weighted by Gasteiger charge is 1.94. The maximum atomic E-state index is 10.9. The molecule has 0 spiro atoms. The van der Waals surface area contributed by atoms with E-state index in [4.69, 9.17) is 0 Å². The number of hydrogen-bond acceptors (Lipinski definition) is 2. The summed E-state index contributed by atoms with van der Waals surface area (Å²) in [5.41, 5.74) is 2.02. The quantitative estimate of drug-likeness (QED) is 0.437.